The summed E-state index contributed by atoms with van der Waals surface area (Å²) in [6.07, 6.45) is 1.04. The van der Waals surface area contributed by atoms with Gasteiger partial charge in [-0.2, -0.15) is 11.2 Å². The molecule has 110 valence electrons. The van der Waals surface area contributed by atoms with Gasteiger partial charge in [0.25, 0.3) is 0 Å². The van der Waals surface area contributed by atoms with Crippen LogP contribution in [0.25, 0.3) is 0 Å². The number of hydrogen-bond acceptors (Lipinski definition) is 4. The van der Waals surface area contributed by atoms with E-state index < -0.39 is 16.0 Å². The largest absolute Gasteiger partial charge is 0.514 e. The van der Waals surface area contributed by atoms with Crippen molar-refractivity contribution in [3.63, 3.8) is 0 Å². The second kappa shape index (κ2) is 8.76. The molecule has 0 heterocycles. The van der Waals surface area contributed by atoms with Gasteiger partial charge in [0.05, 0.1) is 4.87 Å². The molecule has 0 aromatic carbocycles. The van der Waals surface area contributed by atoms with Gasteiger partial charge in [-0.15, -0.1) is 0 Å². The maximum Gasteiger partial charge on any atom is 0.514 e. The molecule has 0 aromatic rings. The molecule has 3 nitrogen and oxygen atoms in total. The van der Waals surface area contributed by atoms with Crippen LogP contribution in [0, 0.1) is 0 Å². The molecule has 0 saturated carbocycles. The Bertz CT molecular complexity index is 205. The minimum Gasteiger partial charge on any atom is -0.373 e. The van der Waals surface area contributed by atoms with E-state index in [1.165, 1.54) is 0 Å². The zero-order valence-electron chi connectivity index (χ0n) is 13.0. The first kappa shape index (κ1) is 18.7. The van der Waals surface area contributed by atoms with E-state index in [1.54, 1.807) is 0 Å². The third-order valence-electron chi connectivity index (χ3n) is 2.30. The Morgan fingerprint density at radius 2 is 1.22 bits per heavy atom. The fourth-order valence-corrected chi connectivity index (χ4v) is 14.1. The lowest BCUT2D eigenvalue weighted by atomic mass is 10.6. The highest BCUT2D eigenvalue weighted by Gasteiger charge is 2.50. The summed E-state index contributed by atoms with van der Waals surface area (Å²) in [4.78, 5) is 0.365. The molecule has 0 aliphatic heterocycles. The van der Waals surface area contributed by atoms with Gasteiger partial charge in [0.15, 0.2) is 0 Å². The third-order valence-corrected chi connectivity index (χ3v) is 11.8. The van der Waals surface area contributed by atoms with E-state index in [9.17, 15) is 0 Å². The van der Waals surface area contributed by atoms with Gasteiger partial charge < -0.3 is 13.3 Å². The van der Waals surface area contributed by atoms with E-state index in [4.69, 9.17) is 13.3 Å². The smallest absolute Gasteiger partial charge is 0.373 e. The van der Waals surface area contributed by atoms with E-state index in [0.717, 1.165) is 6.42 Å². The van der Waals surface area contributed by atoms with E-state index in [1.807, 2.05) is 20.8 Å². The molecule has 0 radical (unpaired) electrons. The summed E-state index contributed by atoms with van der Waals surface area (Å²) in [6, 6.07) is 0. The van der Waals surface area contributed by atoms with Crippen molar-refractivity contribution in [3.05, 3.63) is 0 Å². The summed E-state index contributed by atoms with van der Waals surface area (Å²) >= 11 is 2.05. The Hall–Kier alpha value is 0.664. The maximum absolute atomic E-state index is 6.01. The van der Waals surface area contributed by atoms with Crippen molar-refractivity contribution in [3.8, 4) is 0 Å². The molecule has 1 unspecified atom stereocenters. The highest BCUT2D eigenvalue weighted by atomic mass is 32.4. The molecule has 18 heavy (non-hydrogen) atoms. The lowest BCUT2D eigenvalue weighted by Gasteiger charge is -2.37. The Morgan fingerprint density at radius 1 is 0.833 bits per heavy atom. The van der Waals surface area contributed by atoms with Crippen LogP contribution in [0.4, 0.5) is 0 Å². The van der Waals surface area contributed by atoms with Gasteiger partial charge >= 0.3 is 8.80 Å². The molecule has 0 aliphatic carbocycles. The number of rotatable bonds is 10. The summed E-state index contributed by atoms with van der Waals surface area (Å²) in [7, 11) is -3.76. The zero-order valence-corrected chi connectivity index (χ0v) is 15.9. The third kappa shape index (κ3) is 6.21. The first-order valence-electron chi connectivity index (χ1n) is 6.94. The standard InChI is InChI=1S/C12H30O3SSi2/c1-8-12(16-17(5,6)7)18(13-9-2,14-10-3)15-11-4/h12H,8-11H2,1-7H3. The van der Waals surface area contributed by atoms with E-state index in [0.29, 0.717) is 24.7 Å². The topological polar surface area (TPSA) is 27.7 Å². The molecule has 0 aliphatic rings. The molecule has 0 rings (SSSR count). The minimum absolute atomic E-state index is 0.365. The fraction of sp³-hybridized carbons (Fsp3) is 1.00. The van der Waals surface area contributed by atoms with Gasteiger partial charge in [0.1, 0.15) is 7.22 Å². The van der Waals surface area contributed by atoms with Gasteiger partial charge in [-0.1, -0.05) is 26.6 Å². The predicted molar refractivity (Wildman–Crippen MR) is 85.6 cm³/mol. The van der Waals surface area contributed by atoms with Crippen LogP contribution in [0.15, 0.2) is 0 Å². The fourth-order valence-electron chi connectivity index (χ4n) is 1.84. The van der Waals surface area contributed by atoms with Crippen LogP contribution in [-0.2, 0) is 13.3 Å². The molecule has 0 N–H and O–H groups in total. The molecule has 0 aromatic heterocycles. The van der Waals surface area contributed by atoms with Gasteiger partial charge in [0, 0.05) is 19.8 Å². The molecule has 0 fully saturated rings. The second-order valence-electron chi connectivity index (χ2n) is 5.03. The van der Waals surface area contributed by atoms with Gasteiger partial charge in [-0.3, -0.25) is 0 Å². The van der Waals surface area contributed by atoms with Crippen molar-refractivity contribution in [2.75, 3.05) is 19.8 Å². The van der Waals surface area contributed by atoms with Crippen molar-refractivity contribution >= 4 is 27.2 Å². The van der Waals surface area contributed by atoms with Gasteiger partial charge in [-0.05, 0) is 27.2 Å². The van der Waals surface area contributed by atoms with Gasteiger partial charge in [0.2, 0.25) is 0 Å². The lowest BCUT2D eigenvalue weighted by Crippen LogP contribution is -2.56. The van der Waals surface area contributed by atoms with Crippen molar-refractivity contribution in [1.82, 2.24) is 0 Å². The summed E-state index contributed by atoms with van der Waals surface area (Å²) in [5.74, 6) is 0. The van der Waals surface area contributed by atoms with Gasteiger partial charge in [-0.25, -0.2) is 0 Å². The Morgan fingerprint density at radius 3 is 1.44 bits per heavy atom. The van der Waals surface area contributed by atoms with E-state index in [-0.39, 0.29) is 0 Å². The predicted octanol–water partition coefficient (Wildman–Crippen LogP) is 3.92. The number of hydrogen-bond donors (Lipinski definition) is 0. The van der Waals surface area contributed by atoms with Crippen molar-refractivity contribution in [2.45, 2.75) is 58.6 Å². The average molecular weight is 311 g/mol. The molecule has 6 heteroatoms. The van der Waals surface area contributed by atoms with Crippen LogP contribution in [0.2, 0.25) is 19.6 Å². The van der Waals surface area contributed by atoms with Crippen LogP contribution in [0.5, 0.6) is 0 Å². The highest BCUT2D eigenvalue weighted by Crippen LogP contribution is 2.34. The summed E-state index contributed by atoms with van der Waals surface area (Å²) in [5, 5.41) is 0. The van der Waals surface area contributed by atoms with E-state index >= 15 is 0 Å². The summed E-state index contributed by atoms with van der Waals surface area (Å²) in [6.45, 7) is 17.3. The maximum atomic E-state index is 6.01. The van der Waals surface area contributed by atoms with Crippen LogP contribution >= 0.6 is 11.2 Å². The minimum atomic E-state index is -2.54. The van der Waals surface area contributed by atoms with Crippen LogP contribution in [0.1, 0.15) is 34.1 Å². The quantitative estimate of drug-likeness (QED) is 0.572. The molecule has 0 spiro atoms. The molecule has 0 saturated heterocycles. The van der Waals surface area contributed by atoms with E-state index in [2.05, 4.69) is 37.8 Å². The molecular weight excluding hydrogens is 280 g/mol. The monoisotopic (exact) mass is 310 g/mol. The first-order valence-corrected chi connectivity index (χ1v) is 13.9. The Labute approximate surface area is 119 Å². The molecular formula is C12H30O3SSi2. The van der Waals surface area contributed by atoms with Crippen LogP contribution < -0.4 is 0 Å². The molecule has 0 amide bonds. The normalized spacial score (nSPS) is 14.8. The van der Waals surface area contributed by atoms with Crippen LogP contribution in [0.3, 0.4) is 0 Å². The molecule has 1 atom stereocenters. The lowest BCUT2D eigenvalue weighted by molar-refractivity contribution is 0.0693. The van der Waals surface area contributed by atoms with Crippen LogP contribution in [-0.4, -0.2) is 40.7 Å². The molecule has 0 bridgehead atoms. The average Bonchev–Trinajstić information content (AvgIpc) is 2.25. The second-order valence-corrected chi connectivity index (χ2v) is 17.6. The van der Waals surface area contributed by atoms with Crippen molar-refractivity contribution in [1.29, 1.82) is 0 Å². The van der Waals surface area contributed by atoms with Crippen molar-refractivity contribution in [2.24, 2.45) is 0 Å². The Kier molecular flexibility index (Phi) is 9.08. The summed E-state index contributed by atoms with van der Waals surface area (Å²) < 4.78 is 18.0. The zero-order chi connectivity index (χ0) is 14.2. The summed E-state index contributed by atoms with van der Waals surface area (Å²) in [5.41, 5.74) is 0. The first-order chi connectivity index (χ1) is 8.35. The SMILES string of the molecule is CCO[Si](OCC)(OCC)C(CC)S[Si](C)(C)C. The van der Waals surface area contributed by atoms with Crippen molar-refractivity contribution < 1.29 is 13.3 Å². The Balaban J connectivity index is 5.06. The highest BCUT2D eigenvalue weighted by molar-refractivity contribution is 8.29.